The first-order valence-corrected chi connectivity index (χ1v) is 8.75. The molecule has 2 rings (SSSR count). The summed E-state index contributed by atoms with van der Waals surface area (Å²) in [6.45, 7) is 1.34. The van der Waals surface area contributed by atoms with Crippen molar-refractivity contribution in [3.8, 4) is 11.5 Å². The van der Waals surface area contributed by atoms with Crippen LogP contribution in [-0.2, 0) is 9.53 Å². The molecule has 0 saturated heterocycles. The fourth-order valence-corrected chi connectivity index (χ4v) is 2.71. The number of carbonyl (C=O) groups excluding carboxylic acids is 2. The predicted octanol–water partition coefficient (Wildman–Crippen LogP) is 4.04. The first-order chi connectivity index (χ1) is 12.9. The molecule has 8 heteroatoms. The van der Waals surface area contributed by atoms with Crippen molar-refractivity contribution in [2.24, 2.45) is 0 Å². The van der Waals surface area contributed by atoms with E-state index in [1.807, 2.05) is 0 Å². The van der Waals surface area contributed by atoms with Gasteiger partial charge in [-0.05, 0) is 36.8 Å². The molecule has 6 nitrogen and oxygen atoms in total. The quantitative estimate of drug-likeness (QED) is 0.695. The number of hydrogen-bond donors (Lipinski definition) is 1. The summed E-state index contributed by atoms with van der Waals surface area (Å²) in [6.07, 6.45) is 0. The molecule has 1 N–H and O–H groups in total. The summed E-state index contributed by atoms with van der Waals surface area (Å²) < 4.78 is 15.4. The molecule has 0 aromatic heterocycles. The van der Waals surface area contributed by atoms with E-state index >= 15 is 0 Å². The third-order valence-corrected chi connectivity index (χ3v) is 4.52. The maximum absolute atomic E-state index is 12.3. The number of hydrogen-bond acceptors (Lipinski definition) is 5. The number of esters is 1. The maximum atomic E-state index is 12.3. The third-order valence-electron chi connectivity index (χ3n) is 3.78. The number of benzene rings is 2. The molecular formula is C19H19Cl2NO5. The maximum Gasteiger partial charge on any atom is 0.342 e. The molecule has 0 aliphatic heterocycles. The molecule has 0 bridgehead atoms. The summed E-state index contributed by atoms with van der Waals surface area (Å²) in [5.41, 5.74) is 0.945. The van der Waals surface area contributed by atoms with Gasteiger partial charge in [-0.25, -0.2) is 4.79 Å². The van der Waals surface area contributed by atoms with E-state index in [0.717, 1.165) is 5.56 Å². The average Bonchev–Trinajstić information content (AvgIpc) is 2.67. The number of nitrogens with one attached hydrogen (secondary N) is 1. The van der Waals surface area contributed by atoms with Crippen molar-refractivity contribution in [2.75, 3.05) is 20.8 Å². The van der Waals surface area contributed by atoms with E-state index in [1.165, 1.54) is 20.3 Å². The number of amides is 1. The summed E-state index contributed by atoms with van der Waals surface area (Å²) >= 11 is 11.9. The van der Waals surface area contributed by atoms with Crippen molar-refractivity contribution in [3.63, 3.8) is 0 Å². The Hall–Kier alpha value is -2.44. The van der Waals surface area contributed by atoms with Crippen molar-refractivity contribution in [1.82, 2.24) is 5.32 Å². The number of ether oxygens (including phenoxy) is 3. The summed E-state index contributed by atoms with van der Waals surface area (Å²) in [7, 11) is 2.88. The molecule has 0 spiro atoms. The molecule has 1 amide bonds. The van der Waals surface area contributed by atoms with Crippen LogP contribution >= 0.6 is 23.2 Å². The Morgan fingerprint density at radius 1 is 1.07 bits per heavy atom. The normalized spacial score (nSPS) is 11.4. The standard InChI is InChI=1S/C19H19Cl2NO5/c1-11(12-7-8-14(20)15(21)9-12)22-17(23)10-27-19(24)13-5-4-6-16(25-2)18(13)26-3/h4-9,11H,10H2,1-3H3,(H,22,23)/t11-/m0/s1. The fraction of sp³-hybridized carbons (Fsp3) is 0.263. The summed E-state index contributed by atoms with van der Waals surface area (Å²) in [6, 6.07) is 9.55. The lowest BCUT2D eigenvalue weighted by Gasteiger charge is -2.15. The lowest BCUT2D eigenvalue weighted by atomic mass is 10.1. The minimum absolute atomic E-state index is 0.169. The van der Waals surface area contributed by atoms with Gasteiger partial charge in [0.2, 0.25) is 0 Å². The Labute approximate surface area is 167 Å². The smallest absolute Gasteiger partial charge is 0.342 e. The second kappa shape index (κ2) is 9.48. The summed E-state index contributed by atoms with van der Waals surface area (Å²) in [4.78, 5) is 24.4. The lowest BCUT2D eigenvalue weighted by molar-refractivity contribution is -0.124. The Morgan fingerprint density at radius 3 is 2.44 bits per heavy atom. The topological polar surface area (TPSA) is 73.9 Å². The largest absolute Gasteiger partial charge is 0.493 e. The van der Waals surface area contributed by atoms with Crippen LogP contribution in [0, 0.1) is 0 Å². The van der Waals surface area contributed by atoms with Gasteiger partial charge in [0.15, 0.2) is 18.1 Å². The van der Waals surface area contributed by atoms with Crippen LogP contribution in [0.4, 0.5) is 0 Å². The predicted molar refractivity (Wildman–Crippen MR) is 103 cm³/mol. The van der Waals surface area contributed by atoms with Gasteiger partial charge in [-0.1, -0.05) is 35.3 Å². The minimum Gasteiger partial charge on any atom is -0.493 e. The van der Waals surface area contributed by atoms with Crippen LogP contribution in [0.15, 0.2) is 36.4 Å². The van der Waals surface area contributed by atoms with Crippen LogP contribution in [0.2, 0.25) is 10.0 Å². The number of halogens is 2. The Bertz CT molecular complexity index is 841. The van der Waals surface area contributed by atoms with Crippen LogP contribution in [-0.4, -0.2) is 32.7 Å². The van der Waals surface area contributed by atoms with E-state index in [9.17, 15) is 9.59 Å². The van der Waals surface area contributed by atoms with E-state index in [2.05, 4.69) is 5.32 Å². The summed E-state index contributed by atoms with van der Waals surface area (Å²) in [5.74, 6) is -0.508. The second-order valence-corrected chi connectivity index (χ2v) is 6.39. The van der Waals surface area contributed by atoms with Gasteiger partial charge in [0, 0.05) is 0 Å². The molecular weight excluding hydrogens is 393 g/mol. The third kappa shape index (κ3) is 5.28. The van der Waals surface area contributed by atoms with Crippen LogP contribution in [0.5, 0.6) is 11.5 Å². The molecule has 0 heterocycles. The molecule has 2 aromatic carbocycles. The molecule has 2 aromatic rings. The average molecular weight is 412 g/mol. The van der Waals surface area contributed by atoms with Gasteiger partial charge in [0.05, 0.1) is 30.3 Å². The van der Waals surface area contributed by atoms with E-state index in [0.29, 0.717) is 15.8 Å². The van der Waals surface area contributed by atoms with Gasteiger partial charge in [0.25, 0.3) is 5.91 Å². The van der Waals surface area contributed by atoms with E-state index < -0.39 is 18.5 Å². The number of methoxy groups -OCH3 is 2. The van der Waals surface area contributed by atoms with Gasteiger partial charge in [-0.3, -0.25) is 4.79 Å². The highest BCUT2D eigenvalue weighted by atomic mass is 35.5. The zero-order valence-electron chi connectivity index (χ0n) is 15.0. The molecule has 0 aliphatic rings. The Morgan fingerprint density at radius 2 is 1.81 bits per heavy atom. The highest BCUT2D eigenvalue weighted by Gasteiger charge is 2.19. The molecule has 0 fully saturated rings. The fourth-order valence-electron chi connectivity index (χ4n) is 2.40. The molecule has 1 atom stereocenters. The van der Waals surface area contributed by atoms with Gasteiger partial charge in [-0.15, -0.1) is 0 Å². The Balaban J connectivity index is 1.97. The van der Waals surface area contributed by atoms with Gasteiger partial charge in [0.1, 0.15) is 5.56 Å². The SMILES string of the molecule is COc1cccc(C(=O)OCC(=O)N[C@@H](C)c2ccc(Cl)c(Cl)c2)c1OC. The Kier molecular flexibility index (Phi) is 7.33. The summed E-state index contributed by atoms with van der Waals surface area (Å²) in [5, 5.41) is 3.55. The minimum atomic E-state index is -0.692. The molecule has 0 unspecified atom stereocenters. The van der Waals surface area contributed by atoms with Gasteiger partial charge >= 0.3 is 5.97 Å². The van der Waals surface area contributed by atoms with Crippen LogP contribution in [0.25, 0.3) is 0 Å². The van der Waals surface area contributed by atoms with Gasteiger partial charge in [-0.2, -0.15) is 0 Å². The van der Waals surface area contributed by atoms with E-state index in [4.69, 9.17) is 37.4 Å². The second-order valence-electron chi connectivity index (χ2n) is 5.58. The number of carbonyl (C=O) groups is 2. The lowest BCUT2D eigenvalue weighted by Crippen LogP contribution is -2.31. The highest BCUT2D eigenvalue weighted by Crippen LogP contribution is 2.31. The highest BCUT2D eigenvalue weighted by molar-refractivity contribution is 6.42. The van der Waals surface area contributed by atoms with E-state index in [-0.39, 0.29) is 17.4 Å². The zero-order chi connectivity index (χ0) is 20.0. The molecule has 27 heavy (non-hydrogen) atoms. The van der Waals surface area contributed by atoms with Crippen molar-refractivity contribution >= 4 is 35.1 Å². The van der Waals surface area contributed by atoms with Gasteiger partial charge < -0.3 is 19.5 Å². The molecule has 144 valence electrons. The van der Waals surface area contributed by atoms with E-state index in [1.54, 1.807) is 37.3 Å². The van der Waals surface area contributed by atoms with Crippen LogP contribution in [0.1, 0.15) is 28.9 Å². The molecule has 0 aliphatic carbocycles. The molecule has 0 saturated carbocycles. The van der Waals surface area contributed by atoms with Crippen molar-refractivity contribution in [3.05, 3.63) is 57.6 Å². The number of rotatable bonds is 7. The van der Waals surface area contributed by atoms with Crippen LogP contribution < -0.4 is 14.8 Å². The number of para-hydroxylation sites is 1. The first-order valence-electron chi connectivity index (χ1n) is 7.99. The molecule has 0 radical (unpaired) electrons. The zero-order valence-corrected chi connectivity index (χ0v) is 16.6. The van der Waals surface area contributed by atoms with Crippen molar-refractivity contribution in [2.45, 2.75) is 13.0 Å². The first kappa shape index (κ1) is 20.9. The van der Waals surface area contributed by atoms with Crippen molar-refractivity contribution in [1.29, 1.82) is 0 Å². The van der Waals surface area contributed by atoms with Crippen molar-refractivity contribution < 1.29 is 23.8 Å². The van der Waals surface area contributed by atoms with Crippen LogP contribution in [0.3, 0.4) is 0 Å². The monoisotopic (exact) mass is 411 g/mol.